The number of aromatic hydroxyl groups is 1. The van der Waals surface area contributed by atoms with Gasteiger partial charge in [0.2, 0.25) is 0 Å². The molecule has 2 aromatic rings. The first-order valence-corrected chi connectivity index (χ1v) is 9.41. The van der Waals surface area contributed by atoms with Crippen LogP contribution in [0.3, 0.4) is 0 Å². The van der Waals surface area contributed by atoms with Crippen LogP contribution in [0.1, 0.15) is 11.1 Å². The lowest BCUT2D eigenvalue weighted by Crippen LogP contribution is -2.27. The Morgan fingerprint density at radius 2 is 1.93 bits per heavy atom. The van der Waals surface area contributed by atoms with Crippen LogP contribution >= 0.6 is 39.3 Å². The zero-order valence-corrected chi connectivity index (χ0v) is 16.5. The summed E-state index contributed by atoms with van der Waals surface area (Å²) >= 11 is 9.57. The molecule has 7 nitrogen and oxygen atoms in total. The molecule has 1 heterocycles. The molecule has 3 rings (SSSR count). The van der Waals surface area contributed by atoms with Gasteiger partial charge in [0.05, 0.1) is 20.8 Å². The Bertz CT molecular complexity index is 994. The highest BCUT2D eigenvalue weighted by Crippen LogP contribution is 2.38. The van der Waals surface area contributed by atoms with E-state index in [9.17, 15) is 24.8 Å². The number of carbonyl (C=O) groups excluding carboxylic acids is 2. The fraction of sp³-hybridized carbons (Fsp3) is 0.0588. The second-order valence-corrected chi connectivity index (χ2v) is 7.80. The number of hydrogen-bond acceptors (Lipinski definition) is 6. The van der Waals surface area contributed by atoms with Gasteiger partial charge in [0.15, 0.2) is 0 Å². The van der Waals surface area contributed by atoms with E-state index in [1.54, 1.807) is 24.3 Å². The number of phenolic OH excluding ortho intramolecular Hbond substituents is 1. The minimum Gasteiger partial charge on any atom is -0.506 e. The number of rotatable bonds is 4. The fourth-order valence-corrected chi connectivity index (χ4v) is 3.79. The summed E-state index contributed by atoms with van der Waals surface area (Å²) in [6.07, 6.45) is 1.26. The summed E-state index contributed by atoms with van der Waals surface area (Å²) in [6, 6.07) is 9.01. The van der Waals surface area contributed by atoms with E-state index in [2.05, 4.69) is 15.9 Å². The smallest absolute Gasteiger partial charge is 0.293 e. The molecule has 10 heteroatoms. The van der Waals surface area contributed by atoms with Crippen LogP contribution in [0, 0.1) is 10.1 Å². The van der Waals surface area contributed by atoms with E-state index in [-0.39, 0.29) is 32.9 Å². The Kier molecular flexibility index (Phi) is 5.54. The molecule has 0 aliphatic carbocycles. The first kappa shape index (κ1) is 19.4. The highest BCUT2D eigenvalue weighted by atomic mass is 79.9. The number of nitrogens with zero attached hydrogens (tertiary/aromatic N) is 2. The first-order valence-electron chi connectivity index (χ1n) is 7.43. The van der Waals surface area contributed by atoms with E-state index in [4.69, 9.17) is 11.6 Å². The van der Waals surface area contributed by atoms with Crippen LogP contribution in [0.5, 0.6) is 5.75 Å². The van der Waals surface area contributed by atoms with Crippen molar-refractivity contribution >= 4 is 62.2 Å². The maximum absolute atomic E-state index is 12.6. The van der Waals surface area contributed by atoms with Gasteiger partial charge in [-0.1, -0.05) is 23.7 Å². The lowest BCUT2D eigenvalue weighted by molar-refractivity contribution is -0.385. The van der Waals surface area contributed by atoms with E-state index in [1.165, 1.54) is 6.08 Å². The summed E-state index contributed by atoms with van der Waals surface area (Å²) < 4.78 is 0.114. The molecule has 0 aromatic heterocycles. The topological polar surface area (TPSA) is 101 Å². The molecular weight excluding hydrogens is 460 g/mol. The Hall–Kier alpha value is -2.36. The van der Waals surface area contributed by atoms with E-state index < -0.39 is 16.1 Å². The molecule has 0 radical (unpaired) electrons. The van der Waals surface area contributed by atoms with Gasteiger partial charge in [0.25, 0.3) is 16.8 Å². The van der Waals surface area contributed by atoms with Crippen LogP contribution in [-0.2, 0) is 11.3 Å². The SMILES string of the molecule is O=C1S/C(=C/c2cc([N+](=O)[O-])cc(Br)c2O)C(=O)N1Cc1ccc(Cl)cc1. The average molecular weight is 470 g/mol. The third kappa shape index (κ3) is 4.15. The van der Waals surface area contributed by atoms with Gasteiger partial charge in [-0.25, -0.2) is 0 Å². The molecule has 2 aromatic carbocycles. The van der Waals surface area contributed by atoms with Gasteiger partial charge in [-0.2, -0.15) is 0 Å². The summed E-state index contributed by atoms with van der Waals surface area (Å²) in [5, 5.41) is 21.2. The van der Waals surface area contributed by atoms with Crippen molar-refractivity contribution in [2.75, 3.05) is 0 Å². The number of imide groups is 1. The van der Waals surface area contributed by atoms with Gasteiger partial charge < -0.3 is 5.11 Å². The van der Waals surface area contributed by atoms with Crippen LogP contribution in [-0.4, -0.2) is 26.1 Å². The van der Waals surface area contributed by atoms with Crippen molar-refractivity contribution in [1.82, 2.24) is 4.90 Å². The summed E-state index contributed by atoms with van der Waals surface area (Å²) in [7, 11) is 0. The van der Waals surface area contributed by atoms with Gasteiger partial charge in [-0.05, 0) is 51.5 Å². The van der Waals surface area contributed by atoms with E-state index in [0.29, 0.717) is 16.8 Å². The van der Waals surface area contributed by atoms with Crippen molar-refractivity contribution in [1.29, 1.82) is 0 Å². The molecule has 27 heavy (non-hydrogen) atoms. The monoisotopic (exact) mass is 468 g/mol. The predicted octanol–water partition coefficient (Wildman–Crippen LogP) is 4.95. The standard InChI is InChI=1S/C17H10BrClN2O5S/c18-13-7-12(21(25)26)5-10(15(13)22)6-14-16(23)20(17(24)27-14)8-9-1-3-11(19)4-2-9/h1-7,22H,8H2/b14-6+. The highest BCUT2D eigenvalue weighted by molar-refractivity contribution is 9.10. The van der Waals surface area contributed by atoms with Crippen molar-refractivity contribution in [3.63, 3.8) is 0 Å². The number of hydrogen-bond donors (Lipinski definition) is 1. The molecule has 1 aliphatic rings. The van der Waals surface area contributed by atoms with E-state index in [0.717, 1.165) is 22.6 Å². The zero-order chi connectivity index (χ0) is 19.7. The van der Waals surface area contributed by atoms with Crippen LogP contribution in [0.2, 0.25) is 5.02 Å². The van der Waals surface area contributed by atoms with Crippen LogP contribution < -0.4 is 0 Å². The van der Waals surface area contributed by atoms with Gasteiger partial charge in [0, 0.05) is 22.7 Å². The third-order valence-electron chi connectivity index (χ3n) is 3.70. The van der Waals surface area contributed by atoms with Crippen molar-refractivity contribution in [2.45, 2.75) is 6.54 Å². The molecule has 138 valence electrons. The third-order valence-corrected chi connectivity index (χ3v) is 5.47. The maximum atomic E-state index is 12.6. The molecule has 1 N–H and O–H groups in total. The molecule has 0 atom stereocenters. The quantitative estimate of drug-likeness (QED) is 0.386. The van der Waals surface area contributed by atoms with Gasteiger partial charge >= 0.3 is 0 Å². The molecule has 0 bridgehead atoms. The van der Waals surface area contributed by atoms with Crippen molar-refractivity contribution in [3.05, 3.63) is 72.0 Å². The Morgan fingerprint density at radius 1 is 1.26 bits per heavy atom. The number of amides is 2. The normalized spacial score (nSPS) is 15.6. The number of benzene rings is 2. The molecule has 1 fully saturated rings. The second kappa shape index (κ2) is 7.71. The maximum Gasteiger partial charge on any atom is 0.293 e. The Morgan fingerprint density at radius 3 is 2.56 bits per heavy atom. The van der Waals surface area contributed by atoms with Crippen molar-refractivity contribution < 1.29 is 19.6 Å². The number of carbonyl (C=O) groups is 2. The molecule has 1 aliphatic heterocycles. The van der Waals surface area contributed by atoms with Crippen molar-refractivity contribution in [3.8, 4) is 5.75 Å². The predicted molar refractivity (Wildman–Crippen MR) is 105 cm³/mol. The number of nitro groups is 1. The van der Waals surface area contributed by atoms with Crippen LogP contribution in [0.4, 0.5) is 10.5 Å². The Balaban J connectivity index is 1.90. The average Bonchev–Trinajstić information content (AvgIpc) is 2.88. The summed E-state index contributed by atoms with van der Waals surface area (Å²) in [5.74, 6) is -0.799. The molecule has 0 unspecified atom stereocenters. The van der Waals surface area contributed by atoms with E-state index >= 15 is 0 Å². The minimum absolute atomic E-state index is 0.0630. The first-order chi connectivity index (χ1) is 12.8. The lowest BCUT2D eigenvalue weighted by Gasteiger charge is -2.12. The molecule has 2 amide bonds. The number of non-ortho nitro benzene ring substituents is 1. The molecular formula is C17H10BrClN2O5S. The van der Waals surface area contributed by atoms with Gasteiger partial charge in [0.1, 0.15) is 5.75 Å². The second-order valence-electron chi connectivity index (χ2n) is 5.52. The molecule has 1 saturated heterocycles. The van der Waals surface area contributed by atoms with Crippen LogP contribution in [0.25, 0.3) is 6.08 Å². The molecule has 0 saturated carbocycles. The largest absolute Gasteiger partial charge is 0.506 e. The summed E-state index contributed by atoms with van der Waals surface area (Å²) in [5.41, 5.74) is 0.531. The number of nitro benzene ring substituents is 1. The summed E-state index contributed by atoms with van der Waals surface area (Å²) in [6.45, 7) is 0.0732. The number of phenols is 1. The highest BCUT2D eigenvalue weighted by Gasteiger charge is 2.35. The van der Waals surface area contributed by atoms with Crippen molar-refractivity contribution in [2.24, 2.45) is 0 Å². The van der Waals surface area contributed by atoms with Gasteiger partial charge in [-0.15, -0.1) is 0 Å². The zero-order valence-electron chi connectivity index (χ0n) is 13.4. The van der Waals surface area contributed by atoms with Gasteiger partial charge in [-0.3, -0.25) is 24.6 Å². The fourth-order valence-electron chi connectivity index (χ4n) is 2.37. The summed E-state index contributed by atoms with van der Waals surface area (Å²) in [4.78, 5) is 36.3. The Labute approximate surface area is 170 Å². The number of halogens is 2. The van der Waals surface area contributed by atoms with Crippen LogP contribution in [0.15, 0.2) is 45.8 Å². The number of thioether (sulfide) groups is 1. The minimum atomic E-state index is -0.617. The van der Waals surface area contributed by atoms with E-state index in [1.807, 2.05) is 0 Å². The molecule has 0 spiro atoms. The lowest BCUT2D eigenvalue weighted by atomic mass is 10.1.